The third-order valence-corrected chi connectivity index (χ3v) is 3.16. The lowest BCUT2D eigenvalue weighted by Gasteiger charge is -2.17. The molecule has 2 rings (SSSR count). The van der Waals surface area contributed by atoms with Gasteiger partial charge in [-0.1, -0.05) is 35.5 Å². The normalized spacial score (nSPS) is 13.5. The van der Waals surface area contributed by atoms with Gasteiger partial charge in [0.25, 0.3) is 0 Å². The van der Waals surface area contributed by atoms with Crippen LogP contribution in [0.25, 0.3) is 0 Å². The average molecular weight is 356 g/mol. The van der Waals surface area contributed by atoms with E-state index in [0.717, 1.165) is 9.13 Å². The van der Waals surface area contributed by atoms with Crippen LogP contribution in [0.1, 0.15) is 18.0 Å². The maximum absolute atomic E-state index is 8.71. The second-order valence-electron chi connectivity index (χ2n) is 3.86. The third-order valence-electron chi connectivity index (χ3n) is 2.60. The number of amidine groups is 1. The highest BCUT2D eigenvalue weighted by Crippen LogP contribution is 2.22. The summed E-state index contributed by atoms with van der Waals surface area (Å²) in [7, 11) is 0. The summed E-state index contributed by atoms with van der Waals surface area (Å²) in [6.07, 6.45) is 4.13. The number of hydrogen-bond acceptors (Lipinski definition) is 3. The first-order chi connectivity index (χ1) is 8.70. The molecule has 0 radical (unpaired) electrons. The number of nitrogens with zero attached hydrogens (tertiary/aromatic N) is 3. The molecule has 0 amide bonds. The maximum Gasteiger partial charge on any atom is 0.141 e. The number of benzene rings is 1. The van der Waals surface area contributed by atoms with Gasteiger partial charge in [-0.15, -0.1) is 0 Å². The van der Waals surface area contributed by atoms with Gasteiger partial charge < -0.3 is 10.9 Å². The second-order valence-corrected chi connectivity index (χ2v) is 5.11. The van der Waals surface area contributed by atoms with E-state index in [9.17, 15) is 0 Å². The molecular formula is C12H13IN4O. The third kappa shape index (κ3) is 3.00. The Morgan fingerprint density at radius 1 is 1.44 bits per heavy atom. The molecule has 0 aliphatic heterocycles. The van der Waals surface area contributed by atoms with Crippen LogP contribution in [0.5, 0.6) is 0 Å². The SMILES string of the molecule is NC(CC(c1ccccc1)n1cc(I)cn1)=NO. The van der Waals surface area contributed by atoms with Gasteiger partial charge in [0.1, 0.15) is 5.84 Å². The Morgan fingerprint density at radius 2 is 2.17 bits per heavy atom. The Bertz CT molecular complexity index is 538. The lowest BCUT2D eigenvalue weighted by Crippen LogP contribution is -2.21. The highest BCUT2D eigenvalue weighted by Gasteiger charge is 2.16. The lowest BCUT2D eigenvalue weighted by molar-refractivity contribution is 0.315. The van der Waals surface area contributed by atoms with Crippen molar-refractivity contribution in [2.75, 3.05) is 0 Å². The van der Waals surface area contributed by atoms with E-state index in [1.807, 2.05) is 41.2 Å². The lowest BCUT2D eigenvalue weighted by atomic mass is 10.0. The number of hydrogen-bond donors (Lipinski definition) is 2. The zero-order valence-electron chi connectivity index (χ0n) is 9.57. The van der Waals surface area contributed by atoms with E-state index in [4.69, 9.17) is 10.9 Å². The Labute approximate surface area is 118 Å². The summed E-state index contributed by atoms with van der Waals surface area (Å²) >= 11 is 2.20. The molecule has 0 bridgehead atoms. The Hall–Kier alpha value is -1.57. The van der Waals surface area contributed by atoms with Crippen molar-refractivity contribution in [2.24, 2.45) is 10.9 Å². The number of oxime groups is 1. The first kappa shape index (κ1) is 12.9. The van der Waals surface area contributed by atoms with Crippen molar-refractivity contribution in [3.05, 3.63) is 51.9 Å². The standard InChI is InChI=1S/C12H13IN4O/c13-10-7-15-17(8-10)11(6-12(14)16-18)9-4-2-1-3-5-9/h1-5,7-8,11,18H,6H2,(H2,14,16). The fourth-order valence-electron chi connectivity index (χ4n) is 1.76. The van der Waals surface area contributed by atoms with Crippen molar-refractivity contribution >= 4 is 28.4 Å². The van der Waals surface area contributed by atoms with E-state index >= 15 is 0 Å². The molecule has 0 fully saturated rings. The Kier molecular flexibility index (Phi) is 4.19. The molecule has 0 saturated heterocycles. The van der Waals surface area contributed by atoms with E-state index in [1.54, 1.807) is 6.20 Å². The summed E-state index contributed by atoms with van der Waals surface area (Å²) < 4.78 is 2.88. The van der Waals surface area contributed by atoms with Gasteiger partial charge in [-0.05, 0) is 28.2 Å². The van der Waals surface area contributed by atoms with E-state index < -0.39 is 0 Å². The van der Waals surface area contributed by atoms with Crippen LogP contribution in [0.2, 0.25) is 0 Å². The van der Waals surface area contributed by atoms with Crippen molar-refractivity contribution in [1.29, 1.82) is 0 Å². The van der Waals surface area contributed by atoms with Crippen molar-refractivity contribution in [3.8, 4) is 0 Å². The molecule has 5 nitrogen and oxygen atoms in total. The van der Waals surface area contributed by atoms with Crippen molar-refractivity contribution < 1.29 is 5.21 Å². The molecule has 1 aromatic heterocycles. The summed E-state index contributed by atoms with van der Waals surface area (Å²) in [5.41, 5.74) is 6.69. The van der Waals surface area contributed by atoms with Crippen LogP contribution >= 0.6 is 22.6 Å². The van der Waals surface area contributed by atoms with E-state index in [0.29, 0.717) is 6.42 Å². The van der Waals surface area contributed by atoms with Crippen molar-refractivity contribution in [2.45, 2.75) is 12.5 Å². The van der Waals surface area contributed by atoms with Gasteiger partial charge in [0.2, 0.25) is 0 Å². The molecule has 1 heterocycles. The van der Waals surface area contributed by atoms with Gasteiger partial charge in [0, 0.05) is 12.6 Å². The van der Waals surface area contributed by atoms with Gasteiger partial charge in [-0.25, -0.2) is 0 Å². The number of nitrogens with two attached hydrogens (primary N) is 1. The summed E-state index contributed by atoms with van der Waals surface area (Å²) in [5, 5.41) is 16.0. The monoisotopic (exact) mass is 356 g/mol. The molecule has 1 aromatic carbocycles. The van der Waals surface area contributed by atoms with Gasteiger partial charge in [0.15, 0.2) is 0 Å². The molecule has 3 N–H and O–H groups in total. The maximum atomic E-state index is 8.71. The molecule has 0 aliphatic rings. The molecule has 6 heteroatoms. The van der Waals surface area contributed by atoms with Crippen LogP contribution in [0.15, 0.2) is 47.9 Å². The molecule has 2 aromatic rings. The van der Waals surface area contributed by atoms with E-state index in [2.05, 4.69) is 32.8 Å². The first-order valence-electron chi connectivity index (χ1n) is 5.41. The van der Waals surface area contributed by atoms with Gasteiger partial charge in [-0.3, -0.25) is 4.68 Å². The van der Waals surface area contributed by atoms with Crippen molar-refractivity contribution in [3.63, 3.8) is 0 Å². The number of rotatable bonds is 4. The van der Waals surface area contributed by atoms with E-state index in [-0.39, 0.29) is 11.9 Å². The second kappa shape index (κ2) is 5.85. The van der Waals surface area contributed by atoms with Gasteiger partial charge >= 0.3 is 0 Å². The zero-order valence-corrected chi connectivity index (χ0v) is 11.7. The fraction of sp³-hybridized carbons (Fsp3) is 0.167. The molecule has 18 heavy (non-hydrogen) atoms. The Balaban J connectivity index is 2.35. The molecule has 0 spiro atoms. The number of halogens is 1. The highest BCUT2D eigenvalue weighted by molar-refractivity contribution is 14.1. The largest absolute Gasteiger partial charge is 0.409 e. The molecule has 1 unspecified atom stereocenters. The average Bonchev–Trinajstić information content (AvgIpc) is 2.83. The smallest absolute Gasteiger partial charge is 0.141 e. The van der Waals surface area contributed by atoms with Gasteiger partial charge in [-0.2, -0.15) is 5.10 Å². The summed E-state index contributed by atoms with van der Waals surface area (Å²) in [6.45, 7) is 0. The van der Waals surface area contributed by atoms with Crippen molar-refractivity contribution in [1.82, 2.24) is 9.78 Å². The summed E-state index contributed by atoms with van der Waals surface area (Å²) in [5.74, 6) is 0.189. The Morgan fingerprint density at radius 3 is 2.72 bits per heavy atom. The quantitative estimate of drug-likeness (QED) is 0.290. The van der Waals surface area contributed by atoms with Crippen LogP contribution in [0, 0.1) is 3.57 Å². The minimum Gasteiger partial charge on any atom is -0.409 e. The minimum atomic E-state index is -0.0642. The summed E-state index contributed by atoms with van der Waals surface area (Å²) in [6, 6.07) is 9.82. The molecule has 1 atom stereocenters. The molecule has 0 saturated carbocycles. The van der Waals surface area contributed by atoms with Crippen LogP contribution in [-0.2, 0) is 0 Å². The van der Waals surface area contributed by atoms with Crippen LogP contribution in [0.4, 0.5) is 0 Å². The molecule has 94 valence electrons. The predicted molar refractivity (Wildman–Crippen MR) is 77.6 cm³/mol. The zero-order chi connectivity index (χ0) is 13.0. The molecular weight excluding hydrogens is 343 g/mol. The van der Waals surface area contributed by atoms with Crippen LogP contribution < -0.4 is 5.73 Å². The minimum absolute atomic E-state index is 0.0642. The van der Waals surface area contributed by atoms with Crippen LogP contribution in [-0.4, -0.2) is 20.8 Å². The number of aromatic nitrogens is 2. The predicted octanol–water partition coefficient (Wildman–Crippen LogP) is 2.21. The molecule has 0 aliphatic carbocycles. The van der Waals surface area contributed by atoms with Crippen LogP contribution in [0.3, 0.4) is 0 Å². The van der Waals surface area contributed by atoms with E-state index in [1.165, 1.54) is 0 Å². The highest BCUT2D eigenvalue weighted by atomic mass is 127. The topological polar surface area (TPSA) is 76.4 Å². The summed E-state index contributed by atoms with van der Waals surface area (Å²) in [4.78, 5) is 0. The van der Waals surface area contributed by atoms with Gasteiger partial charge in [0.05, 0.1) is 15.8 Å². The first-order valence-corrected chi connectivity index (χ1v) is 6.49. The fourth-order valence-corrected chi connectivity index (χ4v) is 2.17.